The van der Waals surface area contributed by atoms with Gasteiger partial charge in [-0.25, -0.2) is 9.97 Å². The van der Waals surface area contributed by atoms with Gasteiger partial charge in [0.1, 0.15) is 11.4 Å². The molecule has 0 aliphatic carbocycles. The number of nitrogens with zero attached hydrogens (tertiary/aromatic N) is 4. The minimum Gasteiger partial charge on any atom is -0.348 e. The number of rotatable bonds is 6. The number of carbonyl (C=O) groups excluding carboxylic acids is 1. The zero-order chi connectivity index (χ0) is 20.8. The Labute approximate surface area is 175 Å². The molecular weight excluding hydrogens is 374 g/mol. The molecule has 2 aromatic heterocycles. The molecule has 2 aromatic carbocycles. The van der Waals surface area contributed by atoms with Crippen LogP contribution in [0.25, 0.3) is 11.4 Å². The Morgan fingerprint density at radius 3 is 2.37 bits per heavy atom. The largest absolute Gasteiger partial charge is 0.348 e. The van der Waals surface area contributed by atoms with E-state index in [1.165, 1.54) is 0 Å². The molecule has 30 heavy (non-hydrogen) atoms. The van der Waals surface area contributed by atoms with E-state index in [-0.39, 0.29) is 5.91 Å². The van der Waals surface area contributed by atoms with Gasteiger partial charge in [0.05, 0.1) is 0 Å². The zero-order valence-electron chi connectivity index (χ0n) is 16.6. The summed E-state index contributed by atoms with van der Waals surface area (Å²) in [7, 11) is 1.89. The van der Waals surface area contributed by atoms with E-state index in [0.717, 1.165) is 16.8 Å². The van der Waals surface area contributed by atoms with Gasteiger partial charge in [0.25, 0.3) is 5.91 Å². The maximum absolute atomic E-state index is 13.0. The second-order valence-electron chi connectivity index (χ2n) is 6.74. The fourth-order valence-corrected chi connectivity index (χ4v) is 3.07. The van der Waals surface area contributed by atoms with Gasteiger partial charge in [0, 0.05) is 43.4 Å². The summed E-state index contributed by atoms with van der Waals surface area (Å²) in [5, 5.41) is 2.94. The Morgan fingerprint density at radius 2 is 1.67 bits per heavy atom. The van der Waals surface area contributed by atoms with E-state index in [1.54, 1.807) is 18.6 Å². The van der Waals surface area contributed by atoms with Crippen molar-refractivity contribution in [3.63, 3.8) is 0 Å². The number of hydrogen-bond donors (Lipinski definition) is 1. The Morgan fingerprint density at radius 1 is 0.933 bits per heavy atom. The van der Waals surface area contributed by atoms with Crippen molar-refractivity contribution < 1.29 is 4.79 Å². The number of nitrogens with one attached hydrogen (secondary N) is 1. The van der Waals surface area contributed by atoms with Crippen molar-refractivity contribution in [1.82, 2.24) is 20.3 Å². The van der Waals surface area contributed by atoms with Gasteiger partial charge >= 0.3 is 0 Å². The Hall–Kier alpha value is -4.06. The summed E-state index contributed by atoms with van der Waals surface area (Å²) >= 11 is 0. The first-order chi connectivity index (χ1) is 14.7. The molecule has 0 bridgehead atoms. The third-order valence-corrected chi connectivity index (χ3v) is 4.68. The number of pyridine rings is 1. The van der Waals surface area contributed by atoms with E-state index < -0.39 is 0 Å². The highest BCUT2D eigenvalue weighted by molar-refractivity contribution is 5.99. The molecule has 0 atom stereocenters. The molecule has 0 saturated carbocycles. The number of aromatic nitrogens is 3. The molecule has 6 heteroatoms. The van der Waals surface area contributed by atoms with Crippen LogP contribution in [0.4, 0.5) is 11.5 Å². The van der Waals surface area contributed by atoms with E-state index in [1.807, 2.05) is 84.7 Å². The van der Waals surface area contributed by atoms with Gasteiger partial charge in [0.15, 0.2) is 5.82 Å². The summed E-state index contributed by atoms with van der Waals surface area (Å²) in [6.07, 6.45) is 5.02. The van der Waals surface area contributed by atoms with Crippen LogP contribution < -0.4 is 10.2 Å². The van der Waals surface area contributed by atoms with E-state index in [9.17, 15) is 4.79 Å². The van der Waals surface area contributed by atoms with Crippen molar-refractivity contribution in [1.29, 1.82) is 0 Å². The molecular formula is C24H21N5O. The molecule has 2 heterocycles. The van der Waals surface area contributed by atoms with Crippen LogP contribution in [0.1, 0.15) is 15.9 Å². The Balaban J connectivity index is 1.69. The number of hydrogen-bond acceptors (Lipinski definition) is 5. The maximum Gasteiger partial charge on any atom is 0.256 e. The van der Waals surface area contributed by atoms with Crippen LogP contribution in [0.15, 0.2) is 91.4 Å². The van der Waals surface area contributed by atoms with Crippen LogP contribution in [0.3, 0.4) is 0 Å². The van der Waals surface area contributed by atoms with Crippen molar-refractivity contribution >= 4 is 17.4 Å². The monoisotopic (exact) mass is 395 g/mol. The molecule has 1 amide bonds. The highest BCUT2D eigenvalue weighted by atomic mass is 16.1. The standard InChI is InChI=1S/C24H21N5O/c1-29(20-12-6-3-7-13-20)23-21(24(30)27-16-18-9-8-14-25-15-18)17-26-22(28-23)19-10-4-2-5-11-19/h2-15,17H,16H2,1H3,(H,27,30). The molecule has 1 N–H and O–H groups in total. The molecule has 4 aromatic rings. The quantitative estimate of drug-likeness (QED) is 0.529. The number of para-hydroxylation sites is 1. The molecule has 0 saturated heterocycles. The first-order valence-corrected chi connectivity index (χ1v) is 9.61. The van der Waals surface area contributed by atoms with Crippen LogP contribution >= 0.6 is 0 Å². The highest BCUT2D eigenvalue weighted by Crippen LogP contribution is 2.27. The summed E-state index contributed by atoms with van der Waals surface area (Å²) in [5.74, 6) is 0.868. The van der Waals surface area contributed by atoms with E-state index in [2.05, 4.69) is 15.3 Å². The maximum atomic E-state index is 13.0. The van der Waals surface area contributed by atoms with Gasteiger partial charge in [0.2, 0.25) is 0 Å². The minimum absolute atomic E-state index is 0.240. The van der Waals surface area contributed by atoms with Gasteiger partial charge in [-0.2, -0.15) is 0 Å². The van der Waals surface area contributed by atoms with Gasteiger partial charge in [-0.1, -0.05) is 54.6 Å². The first-order valence-electron chi connectivity index (χ1n) is 9.61. The third kappa shape index (κ3) is 4.33. The van der Waals surface area contributed by atoms with Crippen LogP contribution in [-0.4, -0.2) is 27.9 Å². The van der Waals surface area contributed by atoms with Crippen LogP contribution in [-0.2, 0) is 6.54 Å². The molecule has 148 valence electrons. The van der Waals surface area contributed by atoms with E-state index in [0.29, 0.717) is 23.8 Å². The van der Waals surface area contributed by atoms with Crippen molar-refractivity contribution in [3.8, 4) is 11.4 Å². The lowest BCUT2D eigenvalue weighted by Gasteiger charge is -2.21. The van der Waals surface area contributed by atoms with Crippen molar-refractivity contribution in [2.45, 2.75) is 6.54 Å². The number of anilines is 2. The highest BCUT2D eigenvalue weighted by Gasteiger charge is 2.19. The smallest absolute Gasteiger partial charge is 0.256 e. The van der Waals surface area contributed by atoms with Gasteiger partial charge in [-0.05, 0) is 23.8 Å². The van der Waals surface area contributed by atoms with E-state index in [4.69, 9.17) is 4.98 Å². The Kier molecular flexibility index (Phi) is 5.75. The van der Waals surface area contributed by atoms with Gasteiger partial charge in [-0.3, -0.25) is 9.78 Å². The predicted octanol–water partition coefficient (Wildman–Crippen LogP) is 4.24. The summed E-state index contributed by atoms with van der Waals surface area (Å²) in [6.45, 7) is 0.377. The molecule has 0 spiro atoms. The number of carbonyl (C=O) groups is 1. The molecule has 0 aliphatic rings. The first kappa shape index (κ1) is 19.3. The van der Waals surface area contributed by atoms with Crippen LogP contribution in [0, 0.1) is 0 Å². The minimum atomic E-state index is -0.240. The van der Waals surface area contributed by atoms with Crippen molar-refractivity contribution in [2.24, 2.45) is 0 Å². The molecule has 0 radical (unpaired) electrons. The summed E-state index contributed by atoms with van der Waals surface area (Å²) in [5.41, 5.74) is 3.15. The van der Waals surface area contributed by atoms with Crippen molar-refractivity contribution in [3.05, 3.63) is 103 Å². The third-order valence-electron chi connectivity index (χ3n) is 4.68. The second kappa shape index (κ2) is 8.96. The number of amides is 1. The fourth-order valence-electron chi connectivity index (χ4n) is 3.07. The molecule has 0 unspecified atom stereocenters. The summed E-state index contributed by atoms with van der Waals surface area (Å²) in [4.78, 5) is 28.1. The normalized spacial score (nSPS) is 10.4. The fraction of sp³-hybridized carbons (Fsp3) is 0.0833. The molecule has 6 nitrogen and oxygen atoms in total. The van der Waals surface area contributed by atoms with Crippen LogP contribution in [0.5, 0.6) is 0 Å². The topological polar surface area (TPSA) is 71.0 Å². The summed E-state index contributed by atoms with van der Waals surface area (Å²) in [6, 6.07) is 23.3. The molecule has 4 rings (SSSR count). The zero-order valence-corrected chi connectivity index (χ0v) is 16.6. The Bertz CT molecular complexity index is 1120. The van der Waals surface area contributed by atoms with E-state index >= 15 is 0 Å². The van der Waals surface area contributed by atoms with Gasteiger partial charge in [-0.15, -0.1) is 0 Å². The lowest BCUT2D eigenvalue weighted by Crippen LogP contribution is -2.26. The van der Waals surface area contributed by atoms with Crippen LogP contribution in [0.2, 0.25) is 0 Å². The molecule has 0 aliphatic heterocycles. The molecule has 0 fully saturated rings. The van der Waals surface area contributed by atoms with Crippen molar-refractivity contribution in [2.75, 3.05) is 11.9 Å². The SMILES string of the molecule is CN(c1ccccc1)c1nc(-c2ccccc2)ncc1C(=O)NCc1cccnc1. The number of benzene rings is 2. The average molecular weight is 395 g/mol. The second-order valence-corrected chi connectivity index (χ2v) is 6.74. The van der Waals surface area contributed by atoms with Gasteiger partial charge < -0.3 is 10.2 Å². The summed E-state index contributed by atoms with van der Waals surface area (Å²) < 4.78 is 0. The lowest BCUT2D eigenvalue weighted by atomic mass is 10.2. The predicted molar refractivity (Wildman–Crippen MR) is 117 cm³/mol. The average Bonchev–Trinajstić information content (AvgIpc) is 2.83. The lowest BCUT2D eigenvalue weighted by molar-refractivity contribution is 0.0951.